The molecule has 8 heteroatoms. The van der Waals surface area contributed by atoms with Gasteiger partial charge in [0.1, 0.15) is 17.3 Å². The molecular formula is C24H25FN4O3. The van der Waals surface area contributed by atoms with E-state index in [2.05, 4.69) is 21.3 Å². The summed E-state index contributed by atoms with van der Waals surface area (Å²) in [6.45, 7) is 1.11. The van der Waals surface area contributed by atoms with Gasteiger partial charge in [0.25, 0.3) is 0 Å². The number of halogens is 1. The van der Waals surface area contributed by atoms with Gasteiger partial charge in [0.2, 0.25) is 0 Å². The third-order valence-electron chi connectivity index (χ3n) is 6.38. The highest BCUT2D eigenvalue weighted by Gasteiger charge is 2.42. The van der Waals surface area contributed by atoms with Gasteiger partial charge >= 0.3 is 6.03 Å². The largest absolute Gasteiger partial charge is 0.497 e. The average molecular weight is 436 g/mol. The molecule has 32 heavy (non-hydrogen) atoms. The molecule has 3 heterocycles. The van der Waals surface area contributed by atoms with Crippen molar-refractivity contribution in [2.45, 2.75) is 18.4 Å². The molecule has 2 aliphatic rings. The SMILES string of the molecule is COc1ccc(OC)c(NC(=O)N2CCC3(CC2)Nc2cc(F)ccc2-n2cccc23)c1. The highest BCUT2D eigenvalue weighted by atomic mass is 19.1. The van der Waals surface area contributed by atoms with Crippen LogP contribution >= 0.6 is 0 Å². The Morgan fingerprint density at radius 3 is 2.66 bits per heavy atom. The van der Waals surface area contributed by atoms with Gasteiger partial charge in [-0.1, -0.05) is 0 Å². The lowest BCUT2D eigenvalue weighted by Gasteiger charge is -2.46. The topological polar surface area (TPSA) is 67.8 Å². The van der Waals surface area contributed by atoms with Crippen molar-refractivity contribution < 1.29 is 18.7 Å². The van der Waals surface area contributed by atoms with Gasteiger partial charge in [0.15, 0.2) is 0 Å². The van der Waals surface area contributed by atoms with Crippen LogP contribution in [0.1, 0.15) is 18.5 Å². The molecule has 0 atom stereocenters. The molecule has 1 spiro atoms. The Morgan fingerprint density at radius 2 is 1.91 bits per heavy atom. The van der Waals surface area contributed by atoms with E-state index in [0.717, 1.165) is 17.1 Å². The van der Waals surface area contributed by atoms with E-state index in [1.807, 2.05) is 12.3 Å². The van der Waals surface area contributed by atoms with Crippen molar-refractivity contribution in [2.75, 3.05) is 37.9 Å². The van der Waals surface area contributed by atoms with Gasteiger partial charge in [0, 0.05) is 31.0 Å². The minimum Gasteiger partial charge on any atom is -0.497 e. The third-order valence-corrected chi connectivity index (χ3v) is 6.38. The fourth-order valence-corrected chi connectivity index (χ4v) is 4.70. The maximum Gasteiger partial charge on any atom is 0.321 e. The first-order valence-electron chi connectivity index (χ1n) is 10.6. The van der Waals surface area contributed by atoms with E-state index in [4.69, 9.17) is 9.47 Å². The number of rotatable bonds is 3. The fourth-order valence-electron chi connectivity index (χ4n) is 4.70. The molecule has 0 aliphatic carbocycles. The molecule has 2 aromatic carbocycles. The maximum atomic E-state index is 13.9. The average Bonchev–Trinajstić information content (AvgIpc) is 3.30. The molecule has 2 aliphatic heterocycles. The number of hydrogen-bond donors (Lipinski definition) is 2. The van der Waals surface area contributed by atoms with Crippen LogP contribution in [0.3, 0.4) is 0 Å². The number of fused-ring (bicyclic) bond motifs is 4. The number of nitrogens with one attached hydrogen (secondary N) is 2. The van der Waals surface area contributed by atoms with E-state index < -0.39 is 0 Å². The number of ether oxygens (including phenoxy) is 2. The predicted octanol–water partition coefficient (Wildman–Crippen LogP) is 4.58. The highest BCUT2D eigenvalue weighted by molar-refractivity contribution is 5.91. The number of carbonyl (C=O) groups excluding carboxylic acids is 1. The van der Waals surface area contributed by atoms with Gasteiger partial charge in [-0.25, -0.2) is 9.18 Å². The first kappa shape index (κ1) is 20.2. The van der Waals surface area contributed by atoms with Gasteiger partial charge in [-0.2, -0.15) is 0 Å². The van der Waals surface area contributed by atoms with Gasteiger partial charge in [-0.05, 0) is 55.3 Å². The number of amides is 2. The van der Waals surface area contributed by atoms with Crippen molar-refractivity contribution in [3.63, 3.8) is 0 Å². The van der Waals surface area contributed by atoms with E-state index in [1.165, 1.54) is 12.1 Å². The monoisotopic (exact) mass is 436 g/mol. The van der Waals surface area contributed by atoms with E-state index in [1.54, 1.807) is 43.4 Å². The minimum absolute atomic E-state index is 0.191. The van der Waals surface area contributed by atoms with Crippen molar-refractivity contribution in [1.29, 1.82) is 0 Å². The summed E-state index contributed by atoms with van der Waals surface area (Å²) < 4.78 is 26.7. The third kappa shape index (κ3) is 3.32. The number of likely N-dealkylation sites (tertiary alicyclic amines) is 1. The van der Waals surface area contributed by atoms with Crippen LogP contribution in [0.25, 0.3) is 5.69 Å². The Morgan fingerprint density at radius 1 is 1.09 bits per heavy atom. The molecule has 3 aromatic rings. The standard InChI is InChI=1S/C24H25FN4O3/c1-31-17-6-8-21(32-2)19(15-17)26-23(30)28-12-9-24(10-13-28)22-4-3-11-29(22)20-7-5-16(25)14-18(20)27-24/h3-8,11,14-15,27H,9-10,12-13H2,1-2H3,(H,26,30). The van der Waals surface area contributed by atoms with Gasteiger partial charge in [0.05, 0.1) is 36.8 Å². The van der Waals surface area contributed by atoms with E-state index in [-0.39, 0.29) is 17.4 Å². The quantitative estimate of drug-likeness (QED) is 0.631. The molecule has 1 aromatic heterocycles. The summed E-state index contributed by atoms with van der Waals surface area (Å²) in [7, 11) is 3.14. The molecule has 2 amide bonds. The minimum atomic E-state index is -0.352. The lowest BCUT2D eigenvalue weighted by Crippen LogP contribution is -2.51. The van der Waals surface area contributed by atoms with Crippen LogP contribution in [0.2, 0.25) is 0 Å². The normalized spacial score (nSPS) is 16.0. The van der Waals surface area contributed by atoms with Crippen molar-refractivity contribution in [1.82, 2.24) is 9.47 Å². The second-order valence-electron chi connectivity index (χ2n) is 8.12. The number of methoxy groups -OCH3 is 2. The lowest BCUT2D eigenvalue weighted by molar-refractivity contribution is 0.174. The van der Waals surface area contributed by atoms with Crippen LogP contribution in [-0.2, 0) is 5.54 Å². The Balaban J connectivity index is 1.34. The number of benzene rings is 2. The summed E-state index contributed by atoms with van der Waals surface area (Å²) in [4.78, 5) is 14.8. The second-order valence-corrected chi connectivity index (χ2v) is 8.12. The molecule has 0 radical (unpaired) electrons. The number of urea groups is 1. The van der Waals surface area contributed by atoms with Crippen LogP contribution < -0.4 is 20.1 Å². The Labute approximate surface area is 185 Å². The van der Waals surface area contributed by atoms with Crippen molar-refractivity contribution in [3.8, 4) is 17.2 Å². The van der Waals surface area contributed by atoms with Gasteiger partial charge in [-0.15, -0.1) is 0 Å². The van der Waals surface area contributed by atoms with Crippen LogP contribution in [0, 0.1) is 5.82 Å². The van der Waals surface area contributed by atoms with Gasteiger partial charge < -0.3 is 29.6 Å². The summed E-state index contributed by atoms with van der Waals surface area (Å²) in [6, 6.07) is 14.0. The van der Waals surface area contributed by atoms with E-state index >= 15 is 0 Å². The maximum absolute atomic E-state index is 13.9. The number of nitrogens with zero attached hydrogens (tertiary/aromatic N) is 2. The van der Waals surface area contributed by atoms with Crippen LogP contribution in [0.4, 0.5) is 20.6 Å². The van der Waals surface area contributed by atoms with Gasteiger partial charge in [-0.3, -0.25) is 0 Å². The molecule has 166 valence electrons. The molecule has 1 saturated heterocycles. The molecule has 2 N–H and O–H groups in total. The number of aromatic nitrogens is 1. The smallest absolute Gasteiger partial charge is 0.321 e. The first-order chi connectivity index (χ1) is 15.5. The Kier molecular flexibility index (Phi) is 4.92. The summed E-state index contributed by atoms with van der Waals surface area (Å²) in [5.41, 5.74) is 3.04. The van der Waals surface area contributed by atoms with Crippen LogP contribution in [0.15, 0.2) is 54.7 Å². The Bertz CT molecular complexity index is 1170. The summed E-state index contributed by atoms with van der Waals surface area (Å²) in [5.74, 6) is 0.931. The fraction of sp³-hybridized carbons (Fsp3) is 0.292. The number of piperidine rings is 1. The van der Waals surface area contributed by atoms with Crippen LogP contribution in [-0.4, -0.2) is 42.8 Å². The first-order valence-corrected chi connectivity index (χ1v) is 10.6. The van der Waals surface area contributed by atoms with E-state index in [0.29, 0.717) is 43.1 Å². The Hall–Kier alpha value is -3.68. The summed E-state index contributed by atoms with van der Waals surface area (Å²) in [5, 5.41) is 6.52. The number of hydrogen-bond acceptors (Lipinski definition) is 4. The zero-order valence-electron chi connectivity index (χ0n) is 18.0. The number of carbonyl (C=O) groups is 1. The predicted molar refractivity (Wildman–Crippen MR) is 120 cm³/mol. The lowest BCUT2D eigenvalue weighted by atomic mass is 9.82. The zero-order valence-corrected chi connectivity index (χ0v) is 18.0. The molecule has 5 rings (SSSR count). The molecule has 1 fully saturated rings. The molecule has 0 unspecified atom stereocenters. The summed E-state index contributed by atoms with van der Waals surface area (Å²) in [6.07, 6.45) is 3.41. The number of anilines is 2. The van der Waals surface area contributed by atoms with Crippen molar-refractivity contribution in [3.05, 3.63) is 66.2 Å². The highest BCUT2D eigenvalue weighted by Crippen LogP contribution is 2.43. The molecular weight excluding hydrogens is 411 g/mol. The van der Waals surface area contributed by atoms with Crippen molar-refractivity contribution in [2.24, 2.45) is 0 Å². The zero-order chi connectivity index (χ0) is 22.3. The van der Waals surface area contributed by atoms with Crippen molar-refractivity contribution >= 4 is 17.4 Å². The second kappa shape index (κ2) is 7.78. The van der Waals surface area contributed by atoms with Crippen LogP contribution in [0.5, 0.6) is 11.5 Å². The molecule has 0 saturated carbocycles. The molecule has 7 nitrogen and oxygen atoms in total. The summed E-state index contributed by atoms with van der Waals surface area (Å²) >= 11 is 0. The molecule has 0 bridgehead atoms. The van der Waals surface area contributed by atoms with E-state index in [9.17, 15) is 9.18 Å².